The number of ether oxygens (including phenoxy) is 3. The van der Waals surface area contributed by atoms with Crippen molar-refractivity contribution in [3.63, 3.8) is 0 Å². The first-order chi connectivity index (χ1) is 11.3. The van der Waals surface area contributed by atoms with Gasteiger partial charge in [0.25, 0.3) is 0 Å². The van der Waals surface area contributed by atoms with Crippen molar-refractivity contribution in [3.05, 3.63) is 0 Å². The zero-order chi connectivity index (χ0) is 17.5. The normalized spacial score (nSPS) is 34.5. The Morgan fingerprint density at radius 1 is 1.17 bits per heavy atom. The minimum Gasteiger partial charge on any atom is -0.462 e. The second kappa shape index (κ2) is 6.37. The molecular weight excluding hydrogens is 312 g/mol. The quantitative estimate of drug-likeness (QED) is 0.565. The topological polar surface area (TPSA) is 78.9 Å². The Labute approximate surface area is 142 Å². The Bertz CT molecular complexity index is 524. The molecule has 0 radical (unpaired) electrons. The summed E-state index contributed by atoms with van der Waals surface area (Å²) in [7, 11) is 0. The van der Waals surface area contributed by atoms with E-state index in [9.17, 15) is 14.4 Å². The molecule has 0 aromatic rings. The maximum Gasteiger partial charge on any atom is 0.344 e. The fourth-order valence-corrected chi connectivity index (χ4v) is 4.10. The van der Waals surface area contributed by atoms with Crippen molar-refractivity contribution in [1.29, 1.82) is 0 Å². The van der Waals surface area contributed by atoms with Crippen LogP contribution in [-0.4, -0.2) is 36.7 Å². The molecule has 2 heterocycles. The first-order valence-corrected chi connectivity index (χ1v) is 8.87. The molecule has 6 nitrogen and oxygen atoms in total. The molecule has 2 aliphatic carbocycles. The van der Waals surface area contributed by atoms with Gasteiger partial charge in [0.2, 0.25) is 0 Å². The lowest BCUT2D eigenvalue weighted by molar-refractivity contribution is -0.175. The lowest BCUT2D eigenvalue weighted by Gasteiger charge is -2.42. The molecule has 0 aromatic carbocycles. The van der Waals surface area contributed by atoms with Crippen LogP contribution in [-0.2, 0) is 28.6 Å². The summed E-state index contributed by atoms with van der Waals surface area (Å²) < 4.78 is 16.2. The number of fused-ring (bicyclic) bond motifs is 1. The fourth-order valence-electron chi connectivity index (χ4n) is 4.10. The van der Waals surface area contributed by atoms with Crippen molar-refractivity contribution < 1.29 is 28.6 Å². The minimum absolute atomic E-state index is 0.0295. The average Bonchev–Trinajstić information content (AvgIpc) is 2.72. The van der Waals surface area contributed by atoms with E-state index in [1.807, 2.05) is 6.92 Å². The molecule has 2 saturated heterocycles. The second-order valence-electron chi connectivity index (χ2n) is 7.99. The molecule has 6 heteroatoms. The fraction of sp³-hybridized carbons (Fsp3) is 0.833. The Kier molecular flexibility index (Phi) is 4.58. The molecule has 2 unspecified atom stereocenters. The number of hydrogen-bond donors (Lipinski definition) is 0. The van der Waals surface area contributed by atoms with Gasteiger partial charge in [-0.05, 0) is 46.0 Å². The predicted molar refractivity (Wildman–Crippen MR) is 83.7 cm³/mol. The molecule has 134 valence electrons. The number of carbonyl (C=O) groups is 3. The lowest BCUT2D eigenvalue weighted by Crippen LogP contribution is -2.45. The van der Waals surface area contributed by atoms with E-state index in [4.69, 9.17) is 14.2 Å². The van der Waals surface area contributed by atoms with Crippen molar-refractivity contribution in [1.82, 2.24) is 0 Å². The molecule has 2 atom stereocenters. The molecule has 24 heavy (non-hydrogen) atoms. The van der Waals surface area contributed by atoms with E-state index >= 15 is 0 Å². The third-order valence-electron chi connectivity index (χ3n) is 5.88. The van der Waals surface area contributed by atoms with Crippen molar-refractivity contribution in [2.24, 2.45) is 23.2 Å². The maximum absolute atomic E-state index is 12.1. The van der Waals surface area contributed by atoms with Gasteiger partial charge in [-0.2, -0.15) is 0 Å². The van der Waals surface area contributed by atoms with Crippen LogP contribution in [0.1, 0.15) is 52.9 Å². The van der Waals surface area contributed by atoms with E-state index in [-0.39, 0.29) is 48.5 Å². The van der Waals surface area contributed by atoms with Crippen molar-refractivity contribution in [2.75, 3.05) is 6.61 Å². The average molecular weight is 338 g/mol. The monoisotopic (exact) mass is 338 g/mol. The lowest BCUT2D eigenvalue weighted by atomic mass is 9.66. The molecule has 4 bridgehead atoms. The maximum atomic E-state index is 12.1. The molecule has 2 saturated carbocycles. The van der Waals surface area contributed by atoms with Crippen LogP contribution in [0.4, 0.5) is 0 Å². The number of carbonyl (C=O) groups excluding carboxylic acids is 3. The van der Waals surface area contributed by atoms with E-state index in [1.54, 1.807) is 13.8 Å². The van der Waals surface area contributed by atoms with E-state index in [1.165, 1.54) is 0 Å². The highest BCUT2D eigenvalue weighted by molar-refractivity contribution is 5.80. The highest BCUT2D eigenvalue weighted by atomic mass is 16.6. The zero-order valence-corrected chi connectivity index (χ0v) is 14.6. The van der Waals surface area contributed by atoms with Gasteiger partial charge in [-0.3, -0.25) is 9.59 Å². The van der Waals surface area contributed by atoms with Crippen LogP contribution < -0.4 is 0 Å². The van der Waals surface area contributed by atoms with Gasteiger partial charge in [0.05, 0.1) is 11.3 Å². The summed E-state index contributed by atoms with van der Waals surface area (Å²) in [4.78, 5) is 35.9. The van der Waals surface area contributed by atoms with Crippen LogP contribution >= 0.6 is 0 Å². The van der Waals surface area contributed by atoms with Gasteiger partial charge >= 0.3 is 17.9 Å². The molecule has 4 rings (SSSR count). The van der Waals surface area contributed by atoms with Crippen LogP contribution in [0.15, 0.2) is 0 Å². The minimum atomic E-state index is -0.599. The zero-order valence-electron chi connectivity index (χ0n) is 14.6. The van der Waals surface area contributed by atoms with Gasteiger partial charge in [0, 0.05) is 11.8 Å². The summed E-state index contributed by atoms with van der Waals surface area (Å²) in [6.45, 7) is 5.14. The van der Waals surface area contributed by atoms with Crippen LogP contribution in [0, 0.1) is 23.2 Å². The van der Waals surface area contributed by atoms with Gasteiger partial charge in [0.15, 0.2) is 6.61 Å². The van der Waals surface area contributed by atoms with E-state index in [2.05, 4.69) is 0 Å². The molecular formula is C18H26O6. The Morgan fingerprint density at radius 2 is 1.79 bits per heavy atom. The van der Waals surface area contributed by atoms with Gasteiger partial charge in [-0.25, -0.2) is 4.79 Å². The Hall–Kier alpha value is -1.59. The van der Waals surface area contributed by atoms with Gasteiger partial charge in [-0.1, -0.05) is 6.92 Å². The van der Waals surface area contributed by atoms with Crippen LogP contribution in [0.2, 0.25) is 0 Å². The Morgan fingerprint density at radius 3 is 2.38 bits per heavy atom. The van der Waals surface area contributed by atoms with Crippen LogP contribution in [0.25, 0.3) is 0 Å². The standard InChI is InChI=1S/C18H26O6/c1-4-18(2,3)17(21)22-9-14(19)24-15-10-5-12-6-11(15)8-13(7-10)23-16(12)20/h10-13,15H,4-9H2,1-3H3. The summed E-state index contributed by atoms with van der Waals surface area (Å²) in [6.07, 6.45) is 3.41. The molecule has 4 aliphatic rings. The highest BCUT2D eigenvalue weighted by Crippen LogP contribution is 2.48. The first-order valence-electron chi connectivity index (χ1n) is 8.87. The van der Waals surface area contributed by atoms with Crippen LogP contribution in [0.3, 0.4) is 0 Å². The molecule has 0 amide bonds. The van der Waals surface area contributed by atoms with E-state index < -0.39 is 11.4 Å². The summed E-state index contributed by atoms with van der Waals surface area (Å²) in [6, 6.07) is 0. The van der Waals surface area contributed by atoms with Gasteiger partial charge < -0.3 is 14.2 Å². The summed E-state index contributed by atoms with van der Waals surface area (Å²) in [5, 5.41) is 0. The smallest absolute Gasteiger partial charge is 0.344 e. The summed E-state index contributed by atoms with van der Waals surface area (Å²) >= 11 is 0. The number of hydrogen-bond acceptors (Lipinski definition) is 6. The first kappa shape index (κ1) is 17.2. The SMILES string of the molecule is CCC(C)(C)C(=O)OCC(=O)OC1C2CC3CC1CC(C2)C(=O)O3. The Balaban J connectivity index is 1.54. The third kappa shape index (κ3) is 3.28. The van der Waals surface area contributed by atoms with Gasteiger partial charge in [0.1, 0.15) is 12.2 Å². The molecule has 0 spiro atoms. The summed E-state index contributed by atoms with van der Waals surface area (Å²) in [5.41, 5.74) is -0.599. The largest absolute Gasteiger partial charge is 0.462 e. The number of esters is 3. The predicted octanol–water partition coefficient (Wildman–Crippen LogP) is 2.24. The van der Waals surface area contributed by atoms with Crippen molar-refractivity contribution in [2.45, 2.75) is 65.1 Å². The van der Waals surface area contributed by atoms with E-state index in [0.717, 1.165) is 25.7 Å². The molecule has 2 aliphatic heterocycles. The van der Waals surface area contributed by atoms with Crippen molar-refractivity contribution in [3.8, 4) is 0 Å². The molecule has 4 fully saturated rings. The van der Waals surface area contributed by atoms with Gasteiger partial charge in [-0.15, -0.1) is 0 Å². The van der Waals surface area contributed by atoms with Crippen LogP contribution in [0.5, 0.6) is 0 Å². The highest BCUT2D eigenvalue weighted by Gasteiger charge is 2.51. The second-order valence-corrected chi connectivity index (χ2v) is 7.99. The molecule has 0 aromatic heterocycles. The van der Waals surface area contributed by atoms with E-state index in [0.29, 0.717) is 6.42 Å². The molecule has 0 N–H and O–H groups in total. The third-order valence-corrected chi connectivity index (χ3v) is 5.88. The summed E-state index contributed by atoms with van der Waals surface area (Å²) in [5.74, 6) is -0.686. The number of rotatable bonds is 5. The van der Waals surface area contributed by atoms with Crippen molar-refractivity contribution >= 4 is 17.9 Å².